The van der Waals surface area contributed by atoms with E-state index in [1.54, 1.807) is 20.3 Å². The summed E-state index contributed by atoms with van der Waals surface area (Å²) in [7, 11) is 3.20. The highest BCUT2D eigenvalue weighted by atomic mass is 79.9. The quantitative estimate of drug-likeness (QED) is 0.223. The van der Waals surface area contributed by atoms with Crippen LogP contribution in [0.5, 0.6) is 23.0 Å². The number of aromatic nitrogens is 1. The number of nitrogens with zero attached hydrogens (tertiary/aromatic N) is 1. The Morgan fingerprint density at radius 2 is 1.43 bits per heavy atom. The summed E-state index contributed by atoms with van der Waals surface area (Å²) in [5.41, 5.74) is 1.24. The second-order valence-electron chi connectivity index (χ2n) is 8.88. The fourth-order valence-corrected chi connectivity index (χ4v) is 5.26. The van der Waals surface area contributed by atoms with Crippen molar-refractivity contribution in [3.8, 4) is 23.0 Å². The van der Waals surface area contributed by atoms with E-state index in [1.807, 2.05) is 62.6 Å². The maximum Gasteiger partial charge on any atom is 0.361 e. The van der Waals surface area contributed by atoms with E-state index >= 15 is 0 Å². The van der Waals surface area contributed by atoms with Gasteiger partial charge < -0.3 is 27.8 Å². The van der Waals surface area contributed by atoms with Crippen molar-refractivity contribution in [3.63, 3.8) is 0 Å². The summed E-state index contributed by atoms with van der Waals surface area (Å²) in [6, 6.07) is 9.40. The lowest BCUT2D eigenvalue weighted by molar-refractivity contribution is 0.230. The summed E-state index contributed by atoms with van der Waals surface area (Å²) in [5, 5.41) is 3.33. The van der Waals surface area contributed by atoms with Crippen LogP contribution >= 0.6 is 15.9 Å². The van der Waals surface area contributed by atoms with Crippen LogP contribution in [0.25, 0.3) is 38.2 Å². The normalized spacial score (nSPS) is 11.9. The Labute approximate surface area is 210 Å². The SMILES string of the molecule is COc1cc2c(ccn3c2c(Br)c2c4cc(OC)c(OC(C)C)cc4oc(=O)c23)cc1OC(C)C. The van der Waals surface area contributed by atoms with Crippen LogP contribution in [0.1, 0.15) is 27.7 Å². The van der Waals surface area contributed by atoms with Gasteiger partial charge in [0, 0.05) is 28.4 Å². The van der Waals surface area contributed by atoms with Crippen LogP contribution < -0.4 is 24.6 Å². The first kappa shape index (κ1) is 23.4. The molecule has 0 aliphatic rings. The number of hydrogen-bond donors (Lipinski definition) is 0. The highest BCUT2D eigenvalue weighted by Gasteiger charge is 2.22. The molecule has 0 saturated heterocycles. The molecule has 0 N–H and O–H groups in total. The molecular formula is C27H26BrNO6. The lowest BCUT2D eigenvalue weighted by atomic mass is 10.1. The summed E-state index contributed by atoms with van der Waals surface area (Å²) in [6.45, 7) is 7.80. The number of methoxy groups -OCH3 is 2. The van der Waals surface area contributed by atoms with Gasteiger partial charge >= 0.3 is 5.63 Å². The van der Waals surface area contributed by atoms with Crippen LogP contribution in [0.4, 0.5) is 0 Å². The Morgan fingerprint density at radius 3 is 2.03 bits per heavy atom. The van der Waals surface area contributed by atoms with Gasteiger partial charge in [-0.15, -0.1) is 0 Å². The van der Waals surface area contributed by atoms with Crippen molar-refractivity contribution < 1.29 is 23.4 Å². The number of rotatable bonds is 6. The summed E-state index contributed by atoms with van der Waals surface area (Å²) < 4.78 is 31.4. The molecule has 3 heterocycles. The predicted octanol–water partition coefficient (Wildman–Crippen LogP) is 6.71. The van der Waals surface area contributed by atoms with E-state index in [1.165, 1.54) is 0 Å². The highest BCUT2D eigenvalue weighted by molar-refractivity contribution is 9.10. The van der Waals surface area contributed by atoms with E-state index < -0.39 is 5.63 Å². The van der Waals surface area contributed by atoms with Gasteiger partial charge in [-0.3, -0.25) is 0 Å². The zero-order valence-corrected chi connectivity index (χ0v) is 22.0. The molecule has 0 atom stereocenters. The van der Waals surface area contributed by atoms with Crippen LogP contribution in [-0.2, 0) is 0 Å². The minimum atomic E-state index is -0.444. The van der Waals surface area contributed by atoms with E-state index in [-0.39, 0.29) is 12.2 Å². The first-order valence-electron chi connectivity index (χ1n) is 11.4. The fourth-order valence-electron chi connectivity index (χ4n) is 4.46. The van der Waals surface area contributed by atoms with Crippen LogP contribution in [0, 0.1) is 0 Å². The molecule has 3 aromatic heterocycles. The fraction of sp³-hybridized carbons (Fsp3) is 0.296. The molecule has 182 valence electrons. The minimum absolute atomic E-state index is 0.00301. The van der Waals surface area contributed by atoms with E-state index in [4.69, 9.17) is 23.4 Å². The molecule has 0 aliphatic carbocycles. The number of pyridine rings is 1. The molecule has 5 rings (SSSR count). The van der Waals surface area contributed by atoms with Gasteiger partial charge in [0.25, 0.3) is 0 Å². The Balaban J connectivity index is 1.89. The predicted molar refractivity (Wildman–Crippen MR) is 141 cm³/mol. The Bertz CT molecular complexity index is 1660. The molecule has 5 aromatic rings. The largest absolute Gasteiger partial charge is 0.493 e. The number of hydrogen-bond acceptors (Lipinski definition) is 6. The van der Waals surface area contributed by atoms with Crippen LogP contribution in [-0.4, -0.2) is 30.8 Å². The van der Waals surface area contributed by atoms with Crippen molar-refractivity contribution >= 4 is 54.1 Å². The van der Waals surface area contributed by atoms with Gasteiger partial charge in [0.1, 0.15) is 11.1 Å². The summed E-state index contributed by atoms with van der Waals surface area (Å²) in [6.07, 6.45) is 1.81. The number of halogens is 1. The average molecular weight is 540 g/mol. The third kappa shape index (κ3) is 3.76. The molecule has 0 radical (unpaired) electrons. The zero-order valence-electron chi connectivity index (χ0n) is 20.4. The van der Waals surface area contributed by atoms with E-state index in [0.717, 1.165) is 31.5 Å². The van der Waals surface area contributed by atoms with Crippen LogP contribution in [0.3, 0.4) is 0 Å². The van der Waals surface area contributed by atoms with Gasteiger partial charge in [-0.2, -0.15) is 0 Å². The second-order valence-corrected chi connectivity index (χ2v) is 9.68. The van der Waals surface area contributed by atoms with Crippen molar-refractivity contribution in [2.45, 2.75) is 39.9 Å². The number of ether oxygens (including phenoxy) is 4. The van der Waals surface area contributed by atoms with Crippen molar-refractivity contribution in [1.82, 2.24) is 4.40 Å². The monoisotopic (exact) mass is 539 g/mol. The number of benzene rings is 2. The topological polar surface area (TPSA) is 71.5 Å². The van der Waals surface area contributed by atoms with Gasteiger partial charge in [-0.1, -0.05) is 0 Å². The molecule has 8 heteroatoms. The first-order chi connectivity index (χ1) is 16.7. The van der Waals surface area contributed by atoms with E-state index in [9.17, 15) is 4.79 Å². The molecule has 2 aromatic carbocycles. The smallest absolute Gasteiger partial charge is 0.361 e. The van der Waals surface area contributed by atoms with Gasteiger partial charge in [0.2, 0.25) is 0 Å². The maximum atomic E-state index is 13.2. The molecule has 0 aliphatic heterocycles. The van der Waals surface area contributed by atoms with E-state index in [2.05, 4.69) is 15.9 Å². The van der Waals surface area contributed by atoms with Crippen molar-refractivity contribution in [3.05, 3.63) is 51.4 Å². The first-order valence-corrected chi connectivity index (χ1v) is 12.1. The summed E-state index contributed by atoms with van der Waals surface area (Å²) >= 11 is 3.79. The Hall–Kier alpha value is -3.39. The average Bonchev–Trinajstić information content (AvgIpc) is 3.11. The lowest BCUT2D eigenvalue weighted by Gasteiger charge is -2.15. The lowest BCUT2D eigenvalue weighted by Crippen LogP contribution is -2.07. The van der Waals surface area contributed by atoms with Crippen molar-refractivity contribution in [2.24, 2.45) is 0 Å². The third-order valence-corrected chi connectivity index (χ3v) is 6.57. The Morgan fingerprint density at radius 1 is 0.829 bits per heavy atom. The number of fused-ring (bicyclic) bond motifs is 7. The molecular weight excluding hydrogens is 514 g/mol. The third-order valence-electron chi connectivity index (χ3n) is 5.80. The molecule has 7 nitrogen and oxygen atoms in total. The molecule has 0 bridgehead atoms. The van der Waals surface area contributed by atoms with Gasteiger partial charge in [0.15, 0.2) is 23.0 Å². The molecule has 0 fully saturated rings. The van der Waals surface area contributed by atoms with Gasteiger partial charge in [-0.25, -0.2) is 4.79 Å². The Kier molecular flexibility index (Phi) is 5.79. The maximum absolute atomic E-state index is 13.2. The van der Waals surface area contributed by atoms with Crippen molar-refractivity contribution in [2.75, 3.05) is 14.2 Å². The van der Waals surface area contributed by atoms with Crippen molar-refractivity contribution in [1.29, 1.82) is 0 Å². The van der Waals surface area contributed by atoms with Gasteiger partial charge in [0.05, 0.1) is 36.4 Å². The van der Waals surface area contributed by atoms with E-state index in [0.29, 0.717) is 34.1 Å². The molecule has 35 heavy (non-hydrogen) atoms. The molecule has 0 saturated carbocycles. The second kappa shape index (κ2) is 8.68. The highest BCUT2D eigenvalue weighted by Crippen LogP contribution is 2.43. The summed E-state index contributed by atoms with van der Waals surface area (Å²) in [5.74, 6) is 2.36. The van der Waals surface area contributed by atoms with Gasteiger partial charge in [-0.05, 0) is 73.3 Å². The molecule has 0 unspecified atom stereocenters. The molecule has 0 amide bonds. The standard InChI is InChI=1S/C27H26BrNO6/c1-13(2)33-21-9-15-7-8-29-25(16(15)10-19(21)31-5)24(28)23-17-11-20(32-6)22(34-14(3)4)12-18(17)35-27(30)26(23)29/h7-14H,1-6H3. The summed E-state index contributed by atoms with van der Waals surface area (Å²) in [4.78, 5) is 13.2. The minimum Gasteiger partial charge on any atom is -0.493 e. The zero-order chi connectivity index (χ0) is 25.0. The van der Waals surface area contributed by atoms with Crippen LogP contribution in [0.15, 0.2) is 50.2 Å². The van der Waals surface area contributed by atoms with Crippen LogP contribution in [0.2, 0.25) is 0 Å². The molecule has 0 spiro atoms.